The number of carbonyl (C=O) groups excluding carboxylic acids is 2. The fourth-order valence-electron chi connectivity index (χ4n) is 2.04. The van der Waals surface area contributed by atoms with E-state index in [1.165, 1.54) is 19.2 Å². The Morgan fingerprint density at radius 2 is 1.86 bits per heavy atom. The van der Waals surface area contributed by atoms with Crippen molar-refractivity contribution in [1.82, 2.24) is 5.32 Å². The first-order valence-corrected chi connectivity index (χ1v) is 7.77. The molecule has 0 unspecified atom stereocenters. The monoisotopic (exact) mass is 395 g/mol. The molecule has 0 aliphatic rings. The van der Waals surface area contributed by atoms with Gasteiger partial charge in [-0.05, 0) is 24.3 Å². The average Bonchev–Trinajstić information content (AvgIpc) is 2.67. The van der Waals surface area contributed by atoms with Crippen molar-refractivity contribution in [3.8, 4) is 11.5 Å². The molecular formula is C17H15F2N3O6. The molecule has 0 fully saturated rings. The Bertz CT molecular complexity index is 906. The predicted molar refractivity (Wildman–Crippen MR) is 93.1 cm³/mol. The van der Waals surface area contributed by atoms with Crippen LogP contribution in [0, 0.1) is 21.7 Å². The van der Waals surface area contributed by atoms with Crippen LogP contribution in [0.5, 0.6) is 11.5 Å². The number of benzene rings is 2. The number of nitrogens with zero attached hydrogens (tertiary/aromatic N) is 1. The van der Waals surface area contributed by atoms with Gasteiger partial charge in [-0.1, -0.05) is 0 Å². The van der Waals surface area contributed by atoms with Crippen LogP contribution in [0.1, 0.15) is 0 Å². The van der Waals surface area contributed by atoms with Crippen molar-refractivity contribution >= 4 is 23.2 Å². The lowest BCUT2D eigenvalue weighted by atomic mass is 10.3. The zero-order valence-corrected chi connectivity index (χ0v) is 14.5. The van der Waals surface area contributed by atoms with E-state index < -0.39 is 41.5 Å². The van der Waals surface area contributed by atoms with Gasteiger partial charge in [-0.15, -0.1) is 0 Å². The van der Waals surface area contributed by atoms with E-state index in [9.17, 15) is 28.5 Å². The van der Waals surface area contributed by atoms with Gasteiger partial charge in [-0.2, -0.15) is 0 Å². The summed E-state index contributed by atoms with van der Waals surface area (Å²) in [5.74, 6) is -3.49. The van der Waals surface area contributed by atoms with E-state index >= 15 is 0 Å². The number of rotatable bonds is 8. The number of hydrogen-bond donors (Lipinski definition) is 2. The van der Waals surface area contributed by atoms with E-state index in [0.717, 1.165) is 24.3 Å². The molecule has 0 atom stereocenters. The Balaban J connectivity index is 1.85. The third-order valence-electron chi connectivity index (χ3n) is 3.37. The maximum Gasteiger partial charge on any atom is 0.314 e. The number of methoxy groups -OCH3 is 1. The highest BCUT2D eigenvalue weighted by molar-refractivity contribution is 5.94. The molecule has 2 aromatic carbocycles. The van der Waals surface area contributed by atoms with Crippen LogP contribution in [0.3, 0.4) is 0 Å². The van der Waals surface area contributed by atoms with Crippen molar-refractivity contribution in [2.45, 2.75) is 0 Å². The second kappa shape index (κ2) is 9.26. The number of nitro groups is 1. The maximum absolute atomic E-state index is 13.1. The molecule has 0 saturated heterocycles. The molecule has 0 aliphatic heterocycles. The van der Waals surface area contributed by atoms with E-state index in [0.29, 0.717) is 0 Å². The van der Waals surface area contributed by atoms with Gasteiger partial charge in [0.05, 0.1) is 24.6 Å². The van der Waals surface area contributed by atoms with Gasteiger partial charge in [0.15, 0.2) is 24.0 Å². The summed E-state index contributed by atoms with van der Waals surface area (Å²) >= 11 is 0. The number of nitrogens with one attached hydrogen (secondary N) is 2. The van der Waals surface area contributed by atoms with E-state index in [2.05, 4.69) is 10.6 Å². The van der Waals surface area contributed by atoms with Crippen LogP contribution in [0.4, 0.5) is 20.2 Å². The molecule has 0 radical (unpaired) electrons. The summed E-state index contributed by atoms with van der Waals surface area (Å²) in [6.07, 6.45) is 0. The Morgan fingerprint density at radius 3 is 2.50 bits per heavy atom. The first-order chi connectivity index (χ1) is 13.3. The average molecular weight is 395 g/mol. The summed E-state index contributed by atoms with van der Waals surface area (Å²) in [5, 5.41) is 15.5. The van der Waals surface area contributed by atoms with Gasteiger partial charge in [0.2, 0.25) is 5.91 Å². The molecule has 148 valence electrons. The zero-order valence-electron chi connectivity index (χ0n) is 14.5. The van der Waals surface area contributed by atoms with Crippen LogP contribution < -0.4 is 20.1 Å². The molecule has 2 amide bonds. The van der Waals surface area contributed by atoms with Gasteiger partial charge in [0, 0.05) is 11.8 Å². The van der Waals surface area contributed by atoms with Crippen molar-refractivity contribution in [3.63, 3.8) is 0 Å². The molecule has 9 nitrogen and oxygen atoms in total. The summed E-state index contributed by atoms with van der Waals surface area (Å²) in [5.41, 5.74) is -0.369. The minimum atomic E-state index is -1.13. The zero-order chi connectivity index (χ0) is 20.7. The minimum Gasteiger partial charge on any atom is -0.496 e. The molecular weight excluding hydrogens is 380 g/mol. The lowest BCUT2D eigenvalue weighted by Gasteiger charge is -2.09. The van der Waals surface area contributed by atoms with Gasteiger partial charge >= 0.3 is 5.69 Å². The van der Waals surface area contributed by atoms with Crippen molar-refractivity contribution in [3.05, 3.63) is 58.1 Å². The fourth-order valence-corrected chi connectivity index (χ4v) is 2.04. The Kier molecular flexibility index (Phi) is 6.79. The summed E-state index contributed by atoms with van der Waals surface area (Å²) in [6.45, 7) is -1.04. The van der Waals surface area contributed by atoms with Crippen LogP contribution in [-0.2, 0) is 9.59 Å². The molecule has 0 saturated carbocycles. The third-order valence-corrected chi connectivity index (χ3v) is 3.37. The van der Waals surface area contributed by atoms with E-state index in [1.54, 1.807) is 0 Å². The molecule has 0 aliphatic carbocycles. The number of nitro benzene ring substituents is 1. The lowest BCUT2D eigenvalue weighted by Crippen LogP contribution is -2.35. The Morgan fingerprint density at radius 1 is 1.11 bits per heavy atom. The first-order valence-electron chi connectivity index (χ1n) is 7.77. The van der Waals surface area contributed by atoms with Crippen LogP contribution in [0.15, 0.2) is 36.4 Å². The van der Waals surface area contributed by atoms with E-state index in [-0.39, 0.29) is 22.9 Å². The number of ether oxygens (including phenoxy) is 2. The van der Waals surface area contributed by atoms with Crippen LogP contribution in [0.2, 0.25) is 0 Å². The second-order valence-electron chi connectivity index (χ2n) is 5.33. The highest BCUT2D eigenvalue weighted by Gasteiger charge is 2.18. The third kappa shape index (κ3) is 5.62. The Hall–Kier alpha value is -3.76. The molecule has 0 heterocycles. The summed E-state index contributed by atoms with van der Waals surface area (Å²) in [7, 11) is 1.35. The van der Waals surface area contributed by atoms with Crippen molar-refractivity contribution in [2.75, 3.05) is 25.6 Å². The quantitative estimate of drug-likeness (QED) is 0.521. The summed E-state index contributed by atoms with van der Waals surface area (Å²) in [4.78, 5) is 33.8. The molecule has 2 rings (SSSR count). The number of anilines is 1. The van der Waals surface area contributed by atoms with Gasteiger partial charge < -0.3 is 20.1 Å². The summed E-state index contributed by atoms with van der Waals surface area (Å²) in [6, 6.07) is 6.64. The SMILES string of the molecule is COc1ccc(OCC(=O)NCC(=O)Nc2ccc(F)c(F)c2)c([N+](=O)[O-])c1. The number of hydrogen-bond acceptors (Lipinski definition) is 6. The molecule has 2 N–H and O–H groups in total. The van der Waals surface area contributed by atoms with Gasteiger partial charge in [0.25, 0.3) is 5.91 Å². The lowest BCUT2D eigenvalue weighted by molar-refractivity contribution is -0.385. The highest BCUT2D eigenvalue weighted by atomic mass is 19.2. The predicted octanol–water partition coefficient (Wildman–Crippen LogP) is 2.02. The topological polar surface area (TPSA) is 120 Å². The van der Waals surface area contributed by atoms with Crippen LogP contribution >= 0.6 is 0 Å². The van der Waals surface area contributed by atoms with E-state index in [4.69, 9.17) is 9.47 Å². The normalized spacial score (nSPS) is 10.1. The molecule has 0 spiro atoms. The summed E-state index contributed by atoms with van der Waals surface area (Å²) < 4.78 is 35.9. The van der Waals surface area contributed by atoms with Crippen LogP contribution in [-0.4, -0.2) is 37.0 Å². The molecule has 2 aromatic rings. The molecule has 0 bridgehead atoms. The highest BCUT2D eigenvalue weighted by Crippen LogP contribution is 2.30. The maximum atomic E-state index is 13.1. The fraction of sp³-hybridized carbons (Fsp3) is 0.176. The smallest absolute Gasteiger partial charge is 0.314 e. The molecule has 0 aromatic heterocycles. The first kappa shape index (κ1) is 20.6. The van der Waals surface area contributed by atoms with Crippen LogP contribution in [0.25, 0.3) is 0 Å². The van der Waals surface area contributed by atoms with E-state index in [1.807, 2.05) is 0 Å². The van der Waals surface area contributed by atoms with Gasteiger partial charge in [0.1, 0.15) is 5.75 Å². The number of carbonyl (C=O) groups is 2. The second-order valence-corrected chi connectivity index (χ2v) is 5.33. The van der Waals surface area contributed by atoms with Crippen molar-refractivity contribution in [2.24, 2.45) is 0 Å². The largest absolute Gasteiger partial charge is 0.496 e. The standard InChI is InChI=1S/C17H15F2N3O6/c1-27-11-3-5-15(14(7-11)22(25)26)28-9-17(24)20-8-16(23)21-10-2-4-12(18)13(19)6-10/h2-7H,8-9H2,1H3,(H,20,24)(H,21,23). The Labute approximate surface area is 157 Å². The molecule has 11 heteroatoms. The molecule has 28 heavy (non-hydrogen) atoms. The van der Waals surface area contributed by atoms with Crippen molar-refractivity contribution < 1.29 is 32.8 Å². The van der Waals surface area contributed by atoms with Gasteiger partial charge in [-0.3, -0.25) is 19.7 Å². The number of amides is 2. The van der Waals surface area contributed by atoms with Gasteiger partial charge in [-0.25, -0.2) is 8.78 Å². The number of halogens is 2. The minimum absolute atomic E-state index is 0.0169. The van der Waals surface area contributed by atoms with Crippen molar-refractivity contribution in [1.29, 1.82) is 0 Å².